The number of nitrogen functional groups attached to an aromatic ring is 1. The molecule has 0 amide bonds. The molecule has 0 aliphatic heterocycles. The van der Waals surface area contributed by atoms with E-state index in [-0.39, 0.29) is 0 Å². The van der Waals surface area contributed by atoms with Crippen LogP contribution in [0.4, 0.5) is 11.4 Å². The van der Waals surface area contributed by atoms with Crippen molar-refractivity contribution in [2.75, 3.05) is 10.6 Å². The van der Waals surface area contributed by atoms with Gasteiger partial charge in [0.2, 0.25) is 0 Å². The molecule has 106 valence electrons. The van der Waals surface area contributed by atoms with Crippen molar-refractivity contribution in [2.24, 2.45) is 0 Å². The molecule has 0 unspecified atom stereocenters. The summed E-state index contributed by atoms with van der Waals surface area (Å²) < 4.78 is 0. The number of nitrogens with zero attached hydrogens (tertiary/aromatic N) is 2. The summed E-state index contributed by atoms with van der Waals surface area (Å²) in [6.07, 6.45) is 4.36. The normalized spacial score (nSPS) is 14.5. The highest BCUT2D eigenvalue weighted by atomic mass is 32.1. The Kier molecular flexibility index (Phi) is 3.04. The van der Waals surface area contributed by atoms with Gasteiger partial charge in [-0.15, -0.1) is 0 Å². The first kappa shape index (κ1) is 12.7. The molecular formula is C17H17N3S. The van der Waals surface area contributed by atoms with Crippen LogP contribution in [0.3, 0.4) is 0 Å². The Hall–Kier alpha value is -2.07. The maximum atomic E-state index is 6.07. The van der Waals surface area contributed by atoms with Crippen LogP contribution >= 0.6 is 11.3 Å². The maximum Gasteiger partial charge on any atom is 0.0951 e. The third kappa shape index (κ3) is 2.36. The molecule has 4 heteroatoms. The van der Waals surface area contributed by atoms with E-state index in [0.29, 0.717) is 6.04 Å². The number of anilines is 2. The largest absolute Gasteiger partial charge is 0.397 e. The second-order valence-corrected chi connectivity index (χ2v) is 6.34. The number of benzene rings is 1. The van der Waals surface area contributed by atoms with Gasteiger partial charge in [0, 0.05) is 29.9 Å². The Morgan fingerprint density at radius 3 is 2.90 bits per heavy atom. The van der Waals surface area contributed by atoms with Crippen molar-refractivity contribution in [1.82, 2.24) is 4.98 Å². The van der Waals surface area contributed by atoms with Gasteiger partial charge in [0.05, 0.1) is 11.2 Å². The van der Waals surface area contributed by atoms with E-state index in [1.165, 1.54) is 24.1 Å². The lowest BCUT2D eigenvalue weighted by Crippen LogP contribution is -2.25. The van der Waals surface area contributed by atoms with E-state index >= 15 is 0 Å². The van der Waals surface area contributed by atoms with Crippen LogP contribution in [-0.4, -0.2) is 11.0 Å². The van der Waals surface area contributed by atoms with Crippen molar-refractivity contribution in [2.45, 2.75) is 25.4 Å². The molecule has 0 atom stereocenters. The number of thiophene rings is 1. The van der Waals surface area contributed by atoms with Gasteiger partial charge in [-0.1, -0.05) is 0 Å². The van der Waals surface area contributed by atoms with Gasteiger partial charge in [-0.3, -0.25) is 4.98 Å². The molecule has 1 aliphatic carbocycles. The van der Waals surface area contributed by atoms with E-state index in [1.54, 1.807) is 11.3 Å². The van der Waals surface area contributed by atoms with E-state index < -0.39 is 0 Å². The van der Waals surface area contributed by atoms with Crippen molar-refractivity contribution < 1.29 is 0 Å². The van der Waals surface area contributed by atoms with E-state index in [1.807, 2.05) is 18.3 Å². The van der Waals surface area contributed by atoms with Crippen molar-refractivity contribution in [3.8, 4) is 0 Å². The Labute approximate surface area is 128 Å². The molecule has 2 N–H and O–H groups in total. The molecule has 2 aromatic heterocycles. The van der Waals surface area contributed by atoms with Crippen LogP contribution in [0.25, 0.3) is 10.9 Å². The maximum absolute atomic E-state index is 6.07. The fourth-order valence-electron chi connectivity index (χ4n) is 2.81. The SMILES string of the molecule is Nc1ccc(N(Cc2ccsc2)C2CC2)c2cccnc12. The van der Waals surface area contributed by atoms with Gasteiger partial charge in [-0.25, -0.2) is 0 Å². The van der Waals surface area contributed by atoms with Gasteiger partial charge >= 0.3 is 0 Å². The molecular weight excluding hydrogens is 278 g/mol. The molecule has 3 nitrogen and oxygen atoms in total. The topological polar surface area (TPSA) is 42.1 Å². The molecule has 0 saturated heterocycles. The van der Waals surface area contributed by atoms with Crippen molar-refractivity contribution in [1.29, 1.82) is 0 Å². The fourth-order valence-corrected chi connectivity index (χ4v) is 3.47. The van der Waals surface area contributed by atoms with Crippen LogP contribution < -0.4 is 10.6 Å². The zero-order valence-electron chi connectivity index (χ0n) is 11.7. The Balaban J connectivity index is 1.81. The van der Waals surface area contributed by atoms with Crippen molar-refractivity contribution in [3.63, 3.8) is 0 Å². The number of aromatic nitrogens is 1. The second-order valence-electron chi connectivity index (χ2n) is 5.56. The summed E-state index contributed by atoms with van der Waals surface area (Å²) in [4.78, 5) is 6.96. The van der Waals surface area contributed by atoms with Gasteiger partial charge in [0.15, 0.2) is 0 Å². The predicted octanol–water partition coefficient (Wildman–Crippen LogP) is 4.05. The van der Waals surface area contributed by atoms with Gasteiger partial charge in [0.25, 0.3) is 0 Å². The van der Waals surface area contributed by atoms with Crippen LogP contribution in [0, 0.1) is 0 Å². The first-order chi connectivity index (χ1) is 10.3. The molecule has 0 radical (unpaired) electrons. The Morgan fingerprint density at radius 2 is 2.14 bits per heavy atom. The van der Waals surface area contributed by atoms with Crippen molar-refractivity contribution >= 4 is 33.6 Å². The lowest BCUT2D eigenvalue weighted by molar-refractivity contribution is 0.800. The third-order valence-electron chi connectivity index (χ3n) is 4.01. The molecule has 1 aromatic carbocycles. The number of rotatable bonds is 4. The Morgan fingerprint density at radius 1 is 1.24 bits per heavy atom. The van der Waals surface area contributed by atoms with Crippen molar-refractivity contribution in [3.05, 3.63) is 52.9 Å². The van der Waals surface area contributed by atoms with E-state index in [0.717, 1.165) is 23.1 Å². The lowest BCUT2D eigenvalue weighted by Gasteiger charge is -2.26. The van der Waals surface area contributed by atoms with Crippen LogP contribution in [0.5, 0.6) is 0 Å². The molecule has 21 heavy (non-hydrogen) atoms. The summed E-state index contributed by atoms with van der Waals surface area (Å²) in [6.45, 7) is 0.960. The van der Waals surface area contributed by atoms with E-state index in [2.05, 4.69) is 38.8 Å². The molecule has 0 spiro atoms. The Bertz CT molecular complexity index is 763. The minimum atomic E-state index is 0.650. The zero-order chi connectivity index (χ0) is 14.2. The summed E-state index contributed by atoms with van der Waals surface area (Å²) in [5, 5.41) is 5.52. The highest BCUT2D eigenvalue weighted by molar-refractivity contribution is 7.07. The number of hydrogen-bond donors (Lipinski definition) is 1. The van der Waals surface area contributed by atoms with Gasteiger partial charge in [-0.05, 0) is 59.5 Å². The van der Waals surface area contributed by atoms with E-state index in [4.69, 9.17) is 5.73 Å². The molecule has 1 fully saturated rings. The van der Waals surface area contributed by atoms with Crippen LogP contribution in [-0.2, 0) is 6.54 Å². The monoisotopic (exact) mass is 295 g/mol. The van der Waals surface area contributed by atoms with Gasteiger partial charge in [-0.2, -0.15) is 11.3 Å². The lowest BCUT2D eigenvalue weighted by atomic mass is 10.1. The van der Waals surface area contributed by atoms with Crippen LogP contribution in [0.15, 0.2) is 47.3 Å². The first-order valence-electron chi connectivity index (χ1n) is 7.24. The molecule has 3 aromatic rings. The average molecular weight is 295 g/mol. The second kappa shape index (κ2) is 5.04. The molecule has 1 saturated carbocycles. The average Bonchev–Trinajstić information content (AvgIpc) is 3.23. The quantitative estimate of drug-likeness (QED) is 0.738. The first-order valence-corrected chi connectivity index (χ1v) is 8.18. The molecule has 2 heterocycles. The number of pyridine rings is 1. The highest BCUT2D eigenvalue weighted by Crippen LogP contribution is 2.38. The molecule has 1 aliphatic rings. The smallest absolute Gasteiger partial charge is 0.0951 e. The minimum Gasteiger partial charge on any atom is -0.397 e. The van der Waals surface area contributed by atoms with Gasteiger partial charge in [0.1, 0.15) is 0 Å². The zero-order valence-corrected chi connectivity index (χ0v) is 12.5. The van der Waals surface area contributed by atoms with Crippen LogP contribution in [0.1, 0.15) is 18.4 Å². The number of fused-ring (bicyclic) bond motifs is 1. The van der Waals surface area contributed by atoms with E-state index in [9.17, 15) is 0 Å². The number of hydrogen-bond acceptors (Lipinski definition) is 4. The molecule has 4 rings (SSSR count). The number of nitrogens with two attached hydrogens (primary N) is 1. The summed E-state index contributed by atoms with van der Waals surface area (Å²) in [5.41, 5.74) is 10.4. The third-order valence-corrected chi connectivity index (χ3v) is 4.74. The van der Waals surface area contributed by atoms with Crippen LogP contribution in [0.2, 0.25) is 0 Å². The summed E-state index contributed by atoms with van der Waals surface area (Å²) >= 11 is 1.76. The standard InChI is InChI=1S/C17H17N3S/c18-15-5-6-16(14-2-1-8-19-17(14)15)20(13-3-4-13)10-12-7-9-21-11-12/h1-2,5-9,11,13H,3-4,10,18H2. The van der Waals surface area contributed by atoms with Gasteiger partial charge < -0.3 is 10.6 Å². The molecule has 0 bridgehead atoms. The summed E-state index contributed by atoms with van der Waals surface area (Å²) in [7, 11) is 0. The minimum absolute atomic E-state index is 0.650. The predicted molar refractivity (Wildman–Crippen MR) is 89.7 cm³/mol. The summed E-state index contributed by atoms with van der Waals surface area (Å²) in [5.74, 6) is 0. The fraction of sp³-hybridized carbons (Fsp3) is 0.235. The highest BCUT2D eigenvalue weighted by Gasteiger charge is 2.30. The summed E-state index contributed by atoms with van der Waals surface area (Å²) in [6, 6.07) is 11.1.